The topological polar surface area (TPSA) is 73.2 Å². The van der Waals surface area contributed by atoms with Gasteiger partial charge in [0.05, 0.1) is 23.8 Å². The molecular formula is C13H23N3O3S. The molecule has 1 atom stereocenters. The van der Waals surface area contributed by atoms with Gasteiger partial charge in [0, 0.05) is 25.4 Å². The molecule has 1 aromatic heterocycles. The molecule has 1 aliphatic heterocycles. The number of nitrogens with one attached hydrogen (secondary N) is 1. The molecule has 20 heavy (non-hydrogen) atoms. The third-order valence-corrected chi connectivity index (χ3v) is 5.28. The SMILES string of the molecule is COCC(C)Nc1nc(C)cn1C1CCS(=O)(=O)CC1. The first-order valence-corrected chi connectivity index (χ1v) is 8.75. The molecule has 1 aromatic rings. The fourth-order valence-electron chi connectivity index (χ4n) is 2.57. The van der Waals surface area contributed by atoms with Crippen LogP contribution in [-0.2, 0) is 14.6 Å². The molecule has 0 radical (unpaired) electrons. The summed E-state index contributed by atoms with van der Waals surface area (Å²) < 4.78 is 30.2. The molecular weight excluding hydrogens is 278 g/mol. The van der Waals surface area contributed by atoms with Crippen LogP contribution in [0.25, 0.3) is 0 Å². The summed E-state index contributed by atoms with van der Waals surface area (Å²) in [5.41, 5.74) is 0.936. The summed E-state index contributed by atoms with van der Waals surface area (Å²) in [6, 6.07) is 0.366. The van der Waals surface area contributed by atoms with E-state index in [0.717, 1.165) is 11.6 Å². The number of aromatic nitrogens is 2. The predicted octanol–water partition coefficient (Wildman–Crippen LogP) is 1.39. The molecule has 0 bridgehead atoms. The van der Waals surface area contributed by atoms with E-state index in [-0.39, 0.29) is 23.6 Å². The number of ether oxygens (including phenoxy) is 1. The maximum absolute atomic E-state index is 11.5. The highest BCUT2D eigenvalue weighted by Gasteiger charge is 2.26. The molecule has 0 saturated carbocycles. The zero-order valence-corrected chi connectivity index (χ0v) is 13.1. The molecule has 0 amide bonds. The van der Waals surface area contributed by atoms with Crippen molar-refractivity contribution in [1.82, 2.24) is 9.55 Å². The minimum atomic E-state index is -2.84. The lowest BCUT2D eigenvalue weighted by molar-refractivity contribution is 0.190. The van der Waals surface area contributed by atoms with Crippen molar-refractivity contribution in [2.75, 3.05) is 30.5 Å². The number of hydrogen-bond donors (Lipinski definition) is 1. The van der Waals surface area contributed by atoms with E-state index in [4.69, 9.17) is 4.74 Å². The minimum absolute atomic E-state index is 0.160. The highest BCUT2D eigenvalue weighted by Crippen LogP contribution is 2.27. The fourth-order valence-corrected chi connectivity index (χ4v) is 4.04. The second-order valence-electron chi connectivity index (χ2n) is 5.50. The van der Waals surface area contributed by atoms with Crippen molar-refractivity contribution in [2.45, 2.75) is 38.8 Å². The standard InChI is InChI=1S/C13H23N3O3S/c1-10-8-16(12-4-6-20(17,18)7-5-12)13(14-10)15-11(2)9-19-3/h8,11-12H,4-7,9H2,1-3H3,(H,14,15). The van der Waals surface area contributed by atoms with Gasteiger partial charge in [0.1, 0.15) is 9.84 Å². The molecule has 6 nitrogen and oxygen atoms in total. The Morgan fingerprint density at radius 3 is 2.75 bits per heavy atom. The normalized spacial score (nSPS) is 20.8. The van der Waals surface area contributed by atoms with Crippen LogP contribution in [0.5, 0.6) is 0 Å². The number of aryl methyl sites for hydroxylation is 1. The lowest BCUT2D eigenvalue weighted by atomic mass is 10.1. The van der Waals surface area contributed by atoms with Crippen molar-refractivity contribution >= 4 is 15.8 Å². The molecule has 0 aliphatic carbocycles. The van der Waals surface area contributed by atoms with E-state index in [1.54, 1.807) is 7.11 Å². The van der Waals surface area contributed by atoms with Gasteiger partial charge < -0.3 is 14.6 Å². The molecule has 114 valence electrons. The summed E-state index contributed by atoms with van der Waals surface area (Å²) in [5.74, 6) is 1.33. The fraction of sp³-hybridized carbons (Fsp3) is 0.769. The number of anilines is 1. The van der Waals surface area contributed by atoms with Crippen molar-refractivity contribution in [1.29, 1.82) is 0 Å². The van der Waals surface area contributed by atoms with Crippen LogP contribution >= 0.6 is 0 Å². The van der Waals surface area contributed by atoms with Crippen molar-refractivity contribution in [3.8, 4) is 0 Å². The molecule has 1 saturated heterocycles. The van der Waals surface area contributed by atoms with Crippen LogP contribution in [0.2, 0.25) is 0 Å². The number of methoxy groups -OCH3 is 1. The van der Waals surface area contributed by atoms with Crippen LogP contribution in [0.3, 0.4) is 0 Å². The molecule has 0 aromatic carbocycles. The maximum Gasteiger partial charge on any atom is 0.203 e. The largest absolute Gasteiger partial charge is 0.383 e. The van der Waals surface area contributed by atoms with Crippen LogP contribution < -0.4 is 5.32 Å². The van der Waals surface area contributed by atoms with E-state index in [1.807, 2.05) is 20.0 Å². The highest BCUT2D eigenvalue weighted by molar-refractivity contribution is 7.91. The third kappa shape index (κ3) is 3.73. The van der Waals surface area contributed by atoms with E-state index in [2.05, 4.69) is 14.9 Å². The van der Waals surface area contributed by atoms with Crippen LogP contribution in [0.15, 0.2) is 6.20 Å². The zero-order chi connectivity index (χ0) is 14.8. The molecule has 1 unspecified atom stereocenters. The van der Waals surface area contributed by atoms with Gasteiger partial charge in [-0.3, -0.25) is 0 Å². The van der Waals surface area contributed by atoms with Crippen molar-refractivity contribution in [3.05, 3.63) is 11.9 Å². The molecule has 0 spiro atoms. The number of nitrogens with zero attached hydrogens (tertiary/aromatic N) is 2. The Morgan fingerprint density at radius 2 is 2.15 bits per heavy atom. The minimum Gasteiger partial charge on any atom is -0.383 e. The van der Waals surface area contributed by atoms with E-state index in [9.17, 15) is 8.42 Å². The van der Waals surface area contributed by atoms with Gasteiger partial charge in [-0.05, 0) is 26.7 Å². The molecule has 2 heterocycles. The lowest BCUT2D eigenvalue weighted by Gasteiger charge is -2.25. The summed E-state index contributed by atoms with van der Waals surface area (Å²) >= 11 is 0. The summed E-state index contributed by atoms with van der Waals surface area (Å²) in [7, 11) is -1.17. The van der Waals surface area contributed by atoms with E-state index in [1.165, 1.54) is 0 Å². The van der Waals surface area contributed by atoms with E-state index in [0.29, 0.717) is 19.4 Å². The second kappa shape index (κ2) is 6.13. The summed E-state index contributed by atoms with van der Waals surface area (Å²) in [4.78, 5) is 4.49. The molecule has 2 rings (SSSR count). The van der Waals surface area contributed by atoms with Crippen LogP contribution in [0.4, 0.5) is 5.95 Å². The van der Waals surface area contributed by atoms with E-state index >= 15 is 0 Å². The average Bonchev–Trinajstić information content (AvgIpc) is 2.70. The van der Waals surface area contributed by atoms with Gasteiger partial charge >= 0.3 is 0 Å². The molecule has 1 N–H and O–H groups in total. The lowest BCUT2D eigenvalue weighted by Crippen LogP contribution is -2.28. The van der Waals surface area contributed by atoms with E-state index < -0.39 is 9.84 Å². The van der Waals surface area contributed by atoms with Gasteiger partial charge in [0.2, 0.25) is 5.95 Å². The van der Waals surface area contributed by atoms with Gasteiger partial charge in [0.25, 0.3) is 0 Å². The first kappa shape index (κ1) is 15.3. The summed E-state index contributed by atoms with van der Waals surface area (Å²) in [6.07, 6.45) is 3.31. The Bertz CT molecular complexity index is 539. The summed E-state index contributed by atoms with van der Waals surface area (Å²) in [5, 5.41) is 3.33. The Hall–Kier alpha value is -1.08. The Balaban J connectivity index is 2.12. The van der Waals surface area contributed by atoms with Crippen LogP contribution in [0.1, 0.15) is 31.5 Å². The molecule has 7 heteroatoms. The van der Waals surface area contributed by atoms with Gasteiger partial charge in [0.15, 0.2) is 0 Å². The first-order valence-electron chi connectivity index (χ1n) is 6.92. The molecule has 1 aliphatic rings. The van der Waals surface area contributed by atoms with Gasteiger partial charge in [-0.1, -0.05) is 0 Å². The number of hydrogen-bond acceptors (Lipinski definition) is 5. The number of imidazole rings is 1. The average molecular weight is 301 g/mol. The smallest absolute Gasteiger partial charge is 0.203 e. The quantitative estimate of drug-likeness (QED) is 0.889. The Labute approximate surface area is 120 Å². The number of sulfone groups is 1. The van der Waals surface area contributed by atoms with Gasteiger partial charge in [-0.2, -0.15) is 0 Å². The Kier molecular flexibility index (Phi) is 4.70. The van der Waals surface area contributed by atoms with Crippen molar-refractivity contribution < 1.29 is 13.2 Å². The first-order chi connectivity index (χ1) is 9.41. The van der Waals surface area contributed by atoms with Gasteiger partial charge in [-0.25, -0.2) is 13.4 Å². The van der Waals surface area contributed by atoms with Crippen LogP contribution in [0, 0.1) is 6.92 Å². The monoisotopic (exact) mass is 301 g/mol. The van der Waals surface area contributed by atoms with Gasteiger partial charge in [-0.15, -0.1) is 0 Å². The predicted molar refractivity (Wildman–Crippen MR) is 78.8 cm³/mol. The van der Waals surface area contributed by atoms with Crippen molar-refractivity contribution in [3.63, 3.8) is 0 Å². The van der Waals surface area contributed by atoms with Crippen LogP contribution in [-0.4, -0.2) is 49.2 Å². The third-order valence-electron chi connectivity index (χ3n) is 3.56. The van der Waals surface area contributed by atoms with Crippen molar-refractivity contribution in [2.24, 2.45) is 0 Å². The highest BCUT2D eigenvalue weighted by atomic mass is 32.2. The summed E-state index contributed by atoms with van der Waals surface area (Å²) in [6.45, 7) is 4.58. The molecule has 1 fully saturated rings. The number of rotatable bonds is 5. The maximum atomic E-state index is 11.5. The second-order valence-corrected chi connectivity index (χ2v) is 7.80. The zero-order valence-electron chi connectivity index (χ0n) is 12.3. The Morgan fingerprint density at radius 1 is 1.50 bits per heavy atom.